The van der Waals surface area contributed by atoms with Gasteiger partial charge in [-0.2, -0.15) is 0 Å². The summed E-state index contributed by atoms with van der Waals surface area (Å²) in [5.74, 6) is -3.36. The van der Waals surface area contributed by atoms with Gasteiger partial charge in [-0.3, -0.25) is 14.4 Å². The summed E-state index contributed by atoms with van der Waals surface area (Å²) in [7, 11) is 0. The quantitative estimate of drug-likeness (QED) is 0.212. The molecule has 0 spiro atoms. The van der Waals surface area contributed by atoms with Crippen molar-refractivity contribution in [2.75, 3.05) is 6.54 Å². The molecule has 1 heterocycles. The normalized spacial score (nSPS) is 12.5. The van der Waals surface area contributed by atoms with Crippen LogP contribution in [0.25, 0.3) is 11.0 Å². The molecular formula is C29H33N3O8. The number of hydrogen-bond acceptors (Lipinski definition) is 7. The summed E-state index contributed by atoms with van der Waals surface area (Å²) in [5, 5.41) is 27.3. The van der Waals surface area contributed by atoms with E-state index in [0.29, 0.717) is 16.5 Å². The molecule has 0 bridgehead atoms. The lowest BCUT2D eigenvalue weighted by Gasteiger charge is -2.24. The second-order valence-electron chi connectivity index (χ2n) is 9.83. The first-order valence-corrected chi connectivity index (χ1v) is 12.8. The van der Waals surface area contributed by atoms with Gasteiger partial charge in [0.25, 0.3) is 0 Å². The third-order valence-corrected chi connectivity index (χ3v) is 6.48. The van der Waals surface area contributed by atoms with Gasteiger partial charge in [0, 0.05) is 29.9 Å². The van der Waals surface area contributed by atoms with Crippen LogP contribution in [0.5, 0.6) is 5.75 Å². The van der Waals surface area contributed by atoms with E-state index in [1.165, 1.54) is 12.1 Å². The summed E-state index contributed by atoms with van der Waals surface area (Å²) in [6, 6.07) is 11.1. The highest BCUT2D eigenvalue weighted by Gasteiger charge is 2.29. The Kier molecular flexibility index (Phi) is 10.0. The Hall–Kier alpha value is -4.67. The maximum atomic E-state index is 12.9. The number of amides is 3. The van der Waals surface area contributed by atoms with Crippen LogP contribution >= 0.6 is 0 Å². The van der Waals surface area contributed by atoms with Crippen molar-refractivity contribution in [3.8, 4) is 5.75 Å². The maximum absolute atomic E-state index is 12.9. The first kappa shape index (κ1) is 29.9. The summed E-state index contributed by atoms with van der Waals surface area (Å²) in [5.41, 5.74) is 1.32. The number of aliphatic carboxylic acids is 1. The highest BCUT2D eigenvalue weighted by atomic mass is 16.4. The lowest BCUT2D eigenvalue weighted by atomic mass is 10.0. The number of aromatic hydroxyl groups is 1. The molecule has 0 aliphatic carbocycles. The van der Waals surface area contributed by atoms with Gasteiger partial charge in [-0.15, -0.1) is 0 Å². The third kappa shape index (κ3) is 7.92. The van der Waals surface area contributed by atoms with Crippen LogP contribution in [0.1, 0.15) is 37.0 Å². The topological polar surface area (TPSA) is 175 Å². The highest BCUT2D eigenvalue weighted by molar-refractivity contribution is 5.92. The number of nitrogens with one attached hydrogen (secondary N) is 3. The molecule has 0 saturated heterocycles. The number of carbonyl (C=O) groups is 4. The van der Waals surface area contributed by atoms with E-state index in [9.17, 15) is 34.2 Å². The van der Waals surface area contributed by atoms with E-state index in [4.69, 9.17) is 4.42 Å². The van der Waals surface area contributed by atoms with Crippen LogP contribution in [0, 0.1) is 12.8 Å². The molecule has 0 saturated carbocycles. The van der Waals surface area contributed by atoms with Crippen molar-refractivity contribution in [1.29, 1.82) is 0 Å². The van der Waals surface area contributed by atoms with Crippen molar-refractivity contribution in [3.05, 3.63) is 75.6 Å². The van der Waals surface area contributed by atoms with Crippen LogP contribution in [0.3, 0.4) is 0 Å². The molecule has 0 radical (unpaired) electrons. The molecule has 40 heavy (non-hydrogen) atoms. The van der Waals surface area contributed by atoms with Gasteiger partial charge in [0.2, 0.25) is 17.7 Å². The average molecular weight is 552 g/mol. The minimum Gasteiger partial charge on any atom is -0.508 e. The van der Waals surface area contributed by atoms with Crippen molar-refractivity contribution >= 4 is 34.7 Å². The molecule has 11 nitrogen and oxygen atoms in total. The number of carboxylic acids is 1. The zero-order valence-corrected chi connectivity index (χ0v) is 22.5. The molecule has 1 aromatic heterocycles. The number of aryl methyl sites for hydroxylation is 1. The Morgan fingerprint density at radius 3 is 2.33 bits per heavy atom. The molecule has 0 aliphatic rings. The smallest absolute Gasteiger partial charge is 0.339 e. The Morgan fingerprint density at radius 2 is 1.68 bits per heavy atom. The third-order valence-electron chi connectivity index (χ3n) is 6.48. The van der Waals surface area contributed by atoms with E-state index in [2.05, 4.69) is 16.0 Å². The van der Waals surface area contributed by atoms with E-state index in [-0.39, 0.29) is 36.5 Å². The van der Waals surface area contributed by atoms with Crippen molar-refractivity contribution in [3.63, 3.8) is 0 Å². The second kappa shape index (κ2) is 13.4. The molecule has 11 heteroatoms. The SMILES string of the molecule is Cc1c(CCC(=O)NCC(=O)N[C@H](C(=O)N[C@@H](Cc2ccccc2)C(=O)O)C(C)C)c(=O)oc2cc(O)ccc12. The Bertz CT molecular complexity index is 1450. The lowest BCUT2D eigenvalue weighted by molar-refractivity contribution is -0.142. The Balaban J connectivity index is 1.54. The first-order chi connectivity index (χ1) is 19.0. The van der Waals surface area contributed by atoms with E-state index >= 15 is 0 Å². The van der Waals surface area contributed by atoms with Crippen LogP contribution in [-0.4, -0.2) is 52.5 Å². The minimum absolute atomic E-state index is 0.0356. The fraction of sp³-hybridized carbons (Fsp3) is 0.345. The van der Waals surface area contributed by atoms with Crippen LogP contribution in [0.4, 0.5) is 0 Å². The fourth-order valence-electron chi connectivity index (χ4n) is 4.25. The minimum atomic E-state index is -1.20. The summed E-state index contributed by atoms with van der Waals surface area (Å²) in [6.07, 6.45) is 0.0675. The van der Waals surface area contributed by atoms with E-state index in [0.717, 1.165) is 5.56 Å². The molecular weight excluding hydrogens is 518 g/mol. The van der Waals surface area contributed by atoms with Crippen molar-refractivity contribution in [2.45, 2.75) is 52.1 Å². The number of hydrogen-bond donors (Lipinski definition) is 5. The summed E-state index contributed by atoms with van der Waals surface area (Å²) in [6.45, 7) is 4.72. The molecule has 2 atom stereocenters. The van der Waals surface area contributed by atoms with Gasteiger partial charge < -0.3 is 30.6 Å². The maximum Gasteiger partial charge on any atom is 0.339 e. The fourth-order valence-corrected chi connectivity index (χ4v) is 4.25. The van der Waals surface area contributed by atoms with Gasteiger partial charge >= 0.3 is 11.6 Å². The van der Waals surface area contributed by atoms with Crippen LogP contribution in [0.15, 0.2) is 57.7 Å². The first-order valence-electron chi connectivity index (χ1n) is 12.8. The number of rotatable bonds is 12. The highest BCUT2D eigenvalue weighted by Crippen LogP contribution is 2.23. The number of carboxylic acid groups (broad SMARTS) is 1. The number of benzene rings is 2. The van der Waals surface area contributed by atoms with Gasteiger partial charge in [0.1, 0.15) is 23.4 Å². The molecule has 5 N–H and O–H groups in total. The van der Waals surface area contributed by atoms with Crippen molar-refractivity contribution in [1.82, 2.24) is 16.0 Å². The molecule has 3 aromatic rings. The number of carbonyl (C=O) groups excluding carboxylic acids is 3. The predicted octanol–water partition coefficient (Wildman–Crippen LogP) is 1.81. The van der Waals surface area contributed by atoms with Crippen molar-refractivity contribution < 1.29 is 33.8 Å². The molecule has 3 rings (SSSR count). The van der Waals surface area contributed by atoms with Crippen LogP contribution < -0.4 is 21.6 Å². The summed E-state index contributed by atoms with van der Waals surface area (Å²) >= 11 is 0. The number of phenols is 1. The molecule has 0 fully saturated rings. The molecule has 2 aromatic carbocycles. The van der Waals surface area contributed by atoms with Crippen LogP contribution in [-0.2, 0) is 32.0 Å². The van der Waals surface area contributed by atoms with Crippen molar-refractivity contribution in [2.24, 2.45) is 5.92 Å². The largest absolute Gasteiger partial charge is 0.508 e. The standard InChI is InChI=1S/C29H33N3O8/c1-16(2)26(27(36)31-22(28(37)38)13-18-7-5-4-6-8-18)32-25(35)15-30-24(34)12-11-21-17(3)20-10-9-19(33)14-23(20)40-29(21)39/h4-10,14,16,22,26,33H,11-13,15H2,1-3H3,(H,30,34)(H,31,36)(H,32,35)(H,37,38)/t22-,26-/m0/s1. The van der Waals surface area contributed by atoms with Gasteiger partial charge in [0.05, 0.1) is 6.54 Å². The summed E-state index contributed by atoms with van der Waals surface area (Å²) < 4.78 is 5.26. The number of phenolic OH excluding ortho intramolecular Hbond substituents is 1. The zero-order valence-electron chi connectivity index (χ0n) is 22.5. The molecule has 3 amide bonds. The van der Waals surface area contributed by atoms with E-state index in [1.807, 2.05) is 0 Å². The second-order valence-corrected chi connectivity index (χ2v) is 9.83. The lowest BCUT2D eigenvalue weighted by Crippen LogP contribution is -2.55. The van der Waals surface area contributed by atoms with Gasteiger partial charge in [-0.05, 0) is 42.5 Å². The Labute approximate surface area is 230 Å². The molecule has 212 valence electrons. The van der Waals surface area contributed by atoms with E-state index < -0.39 is 47.9 Å². The number of fused-ring (bicyclic) bond motifs is 1. The Morgan fingerprint density at radius 1 is 0.975 bits per heavy atom. The zero-order chi connectivity index (χ0) is 29.4. The average Bonchev–Trinajstić information content (AvgIpc) is 2.90. The van der Waals surface area contributed by atoms with Gasteiger partial charge in [0.15, 0.2) is 0 Å². The molecule has 0 unspecified atom stereocenters. The monoisotopic (exact) mass is 551 g/mol. The molecule has 0 aliphatic heterocycles. The van der Waals surface area contributed by atoms with E-state index in [1.54, 1.807) is 57.2 Å². The predicted molar refractivity (Wildman–Crippen MR) is 147 cm³/mol. The van der Waals surface area contributed by atoms with Gasteiger partial charge in [-0.1, -0.05) is 44.2 Å². The van der Waals surface area contributed by atoms with Gasteiger partial charge in [-0.25, -0.2) is 9.59 Å². The van der Waals surface area contributed by atoms with Crippen LogP contribution in [0.2, 0.25) is 0 Å². The summed E-state index contributed by atoms with van der Waals surface area (Å²) in [4.78, 5) is 61.9.